The standard InChI is InChI=1S/C15H27NO3/c1-2-3-4-8-11-13(15(18)19)16-14(17)12-9-6-5-7-10-12/h12-13H,2-11H2,1H3,(H,16,17)(H,18,19)/t13-/m0/s1. The van der Waals surface area contributed by atoms with Crippen molar-refractivity contribution < 1.29 is 14.7 Å². The van der Waals surface area contributed by atoms with E-state index in [9.17, 15) is 9.59 Å². The molecule has 0 bridgehead atoms. The molecule has 0 aliphatic heterocycles. The quantitative estimate of drug-likeness (QED) is 0.665. The molecule has 0 unspecified atom stereocenters. The first-order chi connectivity index (χ1) is 9.15. The lowest BCUT2D eigenvalue weighted by atomic mass is 9.88. The first kappa shape index (κ1) is 16.0. The second-order valence-electron chi connectivity index (χ2n) is 5.58. The summed E-state index contributed by atoms with van der Waals surface area (Å²) < 4.78 is 0. The number of carbonyl (C=O) groups is 2. The van der Waals surface area contributed by atoms with Crippen molar-refractivity contribution >= 4 is 11.9 Å². The fourth-order valence-electron chi connectivity index (χ4n) is 2.69. The van der Waals surface area contributed by atoms with Crippen molar-refractivity contribution in [2.24, 2.45) is 5.92 Å². The number of aliphatic carboxylic acids is 1. The van der Waals surface area contributed by atoms with Crippen molar-refractivity contribution in [2.45, 2.75) is 77.2 Å². The van der Waals surface area contributed by atoms with Gasteiger partial charge in [-0.3, -0.25) is 4.79 Å². The highest BCUT2D eigenvalue weighted by Crippen LogP contribution is 2.23. The number of unbranched alkanes of at least 4 members (excludes halogenated alkanes) is 3. The maximum absolute atomic E-state index is 12.0. The van der Waals surface area contributed by atoms with E-state index in [-0.39, 0.29) is 11.8 Å². The van der Waals surface area contributed by atoms with Gasteiger partial charge in [0.15, 0.2) is 0 Å². The zero-order valence-electron chi connectivity index (χ0n) is 12.0. The van der Waals surface area contributed by atoms with Gasteiger partial charge in [0.2, 0.25) is 5.91 Å². The molecule has 1 fully saturated rings. The monoisotopic (exact) mass is 269 g/mol. The minimum absolute atomic E-state index is 0.0336. The Kier molecular flexibility index (Phi) is 7.53. The van der Waals surface area contributed by atoms with Crippen molar-refractivity contribution in [3.05, 3.63) is 0 Å². The van der Waals surface area contributed by atoms with Gasteiger partial charge in [0, 0.05) is 5.92 Å². The van der Waals surface area contributed by atoms with Gasteiger partial charge >= 0.3 is 5.97 Å². The second kappa shape index (κ2) is 8.94. The Labute approximate surface area is 116 Å². The molecule has 0 heterocycles. The van der Waals surface area contributed by atoms with Crippen LogP contribution in [0, 0.1) is 5.92 Å². The summed E-state index contributed by atoms with van der Waals surface area (Å²) >= 11 is 0. The number of rotatable bonds is 8. The molecule has 0 spiro atoms. The predicted molar refractivity (Wildman–Crippen MR) is 74.9 cm³/mol. The zero-order valence-corrected chi connectivity index (χ0v) is 12.0. The van der Waals surface area contributed by atoms with Crippen molar-refractivity contribution in [1.29, 1.82) is 0 Å². The van der Waals surface area contributed by atoms with Gasteiger partial charge in [0.05, 0.1) is 0 Å². The molecular formula is C15H27NO3. The first-order valence-corrected chi connectivity index (χ1v) is 7.68. The van der Waals surface area contributed by atoms with Crippen LogP contribution in [0.4, 0.5) is 0 Å². The molecule has 0 aromatic carbocycles. The molecular weight excluding hydrogens is 242 g/mol. The molecule has 1 saturated carbocycles. The summed E-state index contributed by atoms with van der Waals surface area (Å²) in [6, 6.07) is -0.703. The zero-order chi connectivity index (χ0) is 14.1. The third kappa shape index (κ3) is 6.08. The SMILES string of the molecule is CCCCCC[C@H](NC(=O)C1CCCCC1)C(=O)O. The number of amides is 1. The van der Waals surface area contributed by atoms with E-state index < -0.39 is 12.0 Å². The van der Waals surface area contributed by atoms with Crippen molar-refractivity contribution in [3.8, 4) is 0 Å². The highest BCUT2D eigenvalue weighted by Gasteiger charge is 2.25. The van der Waals surface area contributed by atoms with Gasteiger partial charge in [-0.05, 0) is 19.3 Å². The number of hydrogen-bond acceptors (Lipinski definition) is 2. The minimum Gasteiger partial charge on any atom is -0.480 e. The van der Waals surface area contributed by atoms with Gasteiger partial charge < -0.3 is 10.4 Å². The predicted octanol–water partition coefficient (Wildman–Crippen LogP) is 3.11. The maximum Gasteiger partial charge on any atom is 0.326 e. The van der Waals surface area contributed by atoms with Crippen LogP contribution in [0.3, 0.4) is 0 Å². The maximum atomic E-state index is 12.0. The molecule has 4 heteroatoms. The van der Waals surface area contributed by atoms with E-state index >= 15 is 0 Å². The van der Waals surface area contributed by atoms with Crippen LogP contribution in [-0.2, 0) is 9.59 Å². The fraction of sp³-hybridized carbons (Fsp3) is 0.867. The van der Waals surface area contributed by atoms with Crippen molar-refractivity contribution in [1.82, 2.24) is 5.32 Å². The Morgan fingerprint density at radius 1 is 1.16 bits per heavy atom. The molecule has 0 aromatic rings. The summed E-state index contributed by atoms with van der Waals surface area (Å²) in [6.07, 6.45) is 9.92. The highest BCUT2D eigenvalue weighted by atomic mass is 16.4. The van der Waals surface area contributed by atoms with Crippen LogP contribution in [-0.4, -0.2) is 23.0 Å². The number of carbonyl (C=O) groups excluding carboxylic acids is 1. The Balaban J connectivity index is 2.34. The average Bonchev–Trinajstić information content (AvgIpc) is 2.42. The normalized spacial score (nSPS) is 17.9. The molecule has 1 atom stereocenters. The molecule has 1 aliphatic carbocycles. The number of carboxylic acids is 1. The molecule has 0 aromatic heterocycles. The molecule has 1 rings (SSSR count). The van der Waals surface area contributed by atoms with E-state index in [1.54, 1.807) is 0 Å². The van der Waals surface area contributed by atoms with Crippen LogP contribution < -0.4 is 5.32 Å². The Bertz CT molecular complexity index is 285. The van der Waals surface area contributed by atoms with E-state index in [1.165, 1.54) is 6.42 Å². The largest absolute Gasteiger partial charge is 0.480 e. The lowest BCUT2D eigenvalue weighted by Gasteiger charge is -2.23. The summed E-state index contributed by atoms with van der Waals surface area (Å²) in [5, 5.41) is 11.9. The van der Waals surface area contributed by atoms with Gasteiger partial charge in [0.1, 0.15) is 6.04 Å². The van der Waals surface area contributed by atoms with Gasteiger partial charge in [-0.2, -0.15) is 0 Å². The van der Waals surface area contributed by atoms with Crippen LogP contribution in [0.1, 0.15) is 71.1 Å². The lowest BCUT2D eigenvalue weighted by Crippen LogP contribution is -2.44. The first-order valence-electron chi connectivity index (χ1n) is 7.68. The third-order valence-corrected chi connectivity index (χ3v) is 3.94. The molecule has 19 heavy (non-hydrogen) atoms. The van der Waals surface area contributed by atoms with E-state index in [2.05, 4.69) is 12.2 Å². The number of nitrogens with one attached hydrogen (secondary N) is 1. The summed E-state index contributed by atoms with van der Waals surface area (Å²) in [6.45, 7) is 2.12. The van der Waals surface area contributed by atoms with Crippen LogP contribution in [0.15, 0.2) is 0 Å². The van der Waals surface area contributed by atoms with Gasteiger partial charge in [0.25, 0.3) is 0 Å². The van der Waals surface area contributed by atoms with E-state index in [1.807, 2.05) is 0 Å². The number of hydrogen-bond donors (Lipinski definition) is 2. The summed E-state index contributed by atoms with van der Waals surface area (Å²) in [5.41, 5.74) is 0. The van der Waals surface area contributed by atoms with Crippen LogP contribution in [0.25, 0.3) is 0 Å². The van der Waals surface area contributed by atoms with E-state index in [0.29, 0.717) is 6.42 Å². The van der Waals surface area contributed by atoms with Gasteiger partial charge in [-0.15, -0.1) is 0 Å². The smallest absolute Gasteiger partial charge is 0.326 e. The molecule has 0 radical (unpaired) electrons. The molecule has 1 amide bonds. The molecule has 2 N–H and O–H groups in total. The summed E-state index contributed by atoms with van der Waals surface area (Å²) in [7, 11) is 0. The minimum atomic E-state index is -0.902. The average molecular weight is 269 g/mol. The van der Waals surface area contributed by atoms with Crippen molar-refractivity contribution in [3.63, 3.8) is 0 Å². The summed E-state index contributed by atoms with van der Waals surface area (Å²) in [5.74, 6) is -0.922. The second-order valence-corrected chi connectivity index (χ2v) is 5.58. The topological polar surface area (TPSA) is 66.4 Å². The van der Waals surface area contributed by atoms with Crippen molar-refractivity contribution in [2.75, 3.05) is 0 Å². The molecule has 110 valence electrons. The highest BCUT2D eigenvalue weighted by molar-refractivity contribution is 5.84. The lowest BCUT2D eigenvalue weighted by molar-refractivity contribution is -0.142. The fourth-order valence-corrected chi connectivity index (χ4v) is 2.69. The number of carboxylic acid groups (broad SMARTS) is 1. The Hall–Kier alpha value is -1.06. The Morgan fingerprint density at radius 2 is 1.84 bits per heavy atom. The van der Waals surface area contributed by atoms with Gasteiger partial charge in [-0.1, -0.05) is 51.9 Å². The van der Waals surface area contributed by atoms with E-state index in [0.717, 1.165) is 51.4 Å². The Morgan fingerprint density at radius 3 is 2.42 bits per heavy atom. The molecule has 4 nitrogen and oxygen atoms in total. The van der Waals surface area contributed by atoms with E-state index in [4.69, 9.17) is 5.11 Å². The van der Waals surface area contributed by atoms with Crippen LogP contribution in [0.5, 0.6) is 0 Å². The summed E-state index contributed by atoms with van der Waals surface area (Å²) in [4.78, 5) is 23.2. The van der Waals surface area contributed by atoms with Gasteiger partial charge in [-0.25, -0.2) is 4.79 Å². The van der Waals surface area contributed by atoms with Crippen LogP contribution in [0.2, 0.25) is 0 Å². The molecule has 0 saturated heterocycles. The van der Waals surface area contributed by atoms with Crippen LogP contribution >= 0.6 is 0 Å². The third-order valence-electron chi connectivity index (χ3n) is 3.94. The molecule has 1 aliphatic rings.